The number of rotatable bonds is 3. The summed E-state index contributed by atoms with van der Waals surface area (Å²) in [5.41, 5.74) is 2.83. The Morgan fingerprint density at radius 3 is 2.90 bits per heavy atom. The summed E-state index contributed by atoms with van der Waals surface area (Å²) >= 11 is 8.32. The van der Waals surface area contributed by atoms with Crippen molar-refractivity contribution in [1.29, 1.82) is 0 Å². The molecule has 2 aromatic rings. The van der Waals surface area contributed by atoms with E-state index in [1.54, 1.807) is 0 Å². The normalized spacial score (nSPS) is 21.7. The number of benzene rings is 1. The molecule has 1 fully saturated rings. The van der Waals surface area contributed by atoms with Crippen LogP contribution in [-0.4, -0.2) is 15.4 Å². The van der Waals surface area contributed by atoms with E-state index < -0.39 is 0 Å². The molecule has 1 aromatic heterocycles. The van der Waals surface area contributed by atoms with E-state index in [0.29, 0.717) is 17.3 Å². The molecule has 2 nitrogen and oxygen atoms in total. The number of fused-ring (bicyclic) bond motifs is 1. The molecule has 3 rings (SSSR count). The van der Waals surface area contributed by atoms with E-state index >= 15 is 0 Å². The van der Waals surface area contributed by atoms with Crippen molar-refractivity contribution in [2.45, 2.75) is 45.6 Å². The van der Waals surface area contributed by atoms with Crippen LogP contribution in [0.4, 0.5) is 0 Å². The highest BCUT2D eigenvalue weighted by Gasteiger charge is 2.33. The monoisotopic (exact) mass is 402 g/mol. The predicted molar refractivity (Wildman–Crippen MR) is 93.5 cm³/mol. The second kappa shape index (κ2) is 5.48. The van der Waals surface area contributed by atoms with Gasteiger partial charge in [-0.05, 0) is 65.5 Å². The third-order valence-electron chi connectivity index (χ3n) is 4.35. The summed E-state index contributed by atoms with van der Waals surface area (Å²) in [7, 11) is 0. The molecule has 0 aliphatic heterocycles. The van der Waals surface area contributed by atoms with Crippen molar-refractivity contribution in [2.75, 3.05) is 5.88 Å². The van der Waals surface area contributed by atoms with Gasteiger partial charge in [0, 0.05) is 21.9 Å². The Kier molecular flexibility index (Phi) is 4.01. The van der Waals surface area contributed by atoms with Crippen LogP contribution in [0.25, 0.3) is 11.0 Å². The fraction of sp³-hybridized carbons (Fsp3) is 0.562. The average molecular weight is 403 g/mol. The molecule has 1 aliphatic rings. The van der Waals surface area contributed by atoms with Crippen molar-refractivity contribution in [3.63, 3.8) is 0 Å². The van der Waals surface area contributed by atoms with Crippen LogP contribution in [0.5, 0.6) is 0 Å². The van der Waals surface area contributed by atoms with Crippen LogP contribution in [0.3, 0.4) is 0 Å². The zero-order chi connectivity index (χ0) is 14.3. The molecule has 4 heteroatoms. The van der Waals surface area contributed by atoms with E-state index in [2.05, 4.69) is 59.2 Å². The molecule has 1 heterocycles. The largest absolute Gasteiger partial charge is 0.325 e. The second-order valence-corrected chi connectivity index (χ2v) is 8.15. The minimum atomic E-state index is 0.447. The molecule has 0 radical (unpaired) electrons. The lowest BCUT2D eigenvalue weighted by Gasteiger charge is -2.20. The SMILES string of the molecule is CC1(C)CCC(n2c(CCCl)nc3cc(I)ccc32)C1. The number of hydrogen-bond acceptors (Lipinski definition) is 1. The molecule has 1 saturated carbocycles. The van der Waals surface area contributed by atoms with E-state index in [-0.39, 0.29) is 0 Å². The van der Waals surface area contributed by atoms with Crippen LogP contribution in [0, 0.1) is 8.99 Å². The van der Waals surface area contributed by atoms with Crippen molar-refractivity contribution in [1.82, 2.24) is 9.55 Å². The lowest BCUT2D eigenvalue weighted by Crippen LogP contribution is -2.12. The molecule has 1 unspecified atom stereocenters. The second-order valence-electron chi connectivity index (χ2n) is 6.53. The number of aryl methyl sites for hydroxylation is 1. The van der Waals surface area contributed by atoms with Crippen molar-refractivity contribution in [2.24, 2.45) is 5.41 Å². The molecule has 0 spiro atoms. The number of hydrogen-bond donors (Lipinski definition) is 0. The quantitative estimate of drug-likeness (QED) is 0.511. The van der Waals surface area contributed by atoms with Gasteiger partial charge in [0.05, 0.1) is 11.0 Å². The Balaban J connectivity index is 2.09. The fourth-order valence-corrected chi connectivity index (χ4v) is 4.05. The topological polar surface area (TPSA) is 17.8 Å². The highest BCUT2D eigenvalue weighted by Crippen LogP contribution is 2.45. The van der Waals surface area contributed by atoms with Crippen LogP contribution >= 0.6 is 34.2 Å². The summed E-state index contributed by atoms with van der Waals surface area (Å²) < 4.78 is 3.70. The number of imidazole rings is 1. The van der Waals surface area contributed by atoms with Gasteiger partial charge in [-0.25, -0.2) is 4.98 Å². The van der Waals surface area contributed by atoms with Gasteiger partial charge < -0.3 is 4.57 Å². The first-order chi connectivity index (χ1) is 9.50. The maximum Gasteiger partial charge on any atom is 0.111 e. The summed E-state index contributed by atoms with van der Waals surface area (Å²) in [6, 6.07) is 7.14. The van der Waals surface area contributed by atoms with Gasteiger partial charge in [0.1, 0.15) is 5.82 Å². The summed E-state index contributed by atoms with van der Waals surface area (Å²) in [4.78, 5) is 4.83. The number of halogens is 2. The van der Waals surface area contributed by atoms with Gasteiger partial charge in [-0.3, -0.25) is 0 Å². The molecule has 0 N–H and O–H groups in total. The Morgan fingerprint density at radius 1 is 1.45 bits per heavy atom. The molecular weight excluding hydrogens is 383 g/mol. The fourth-order valence-electron chi connectivity index (χ4n) is 3.41. The molecule has 0 bridgehead atoms. The van der Waals surface area contributed by atoms with Crippen molar-refractivity contribution >= 4 is 45.2 Å². The Morgan fingerprint density at radius 2 is 2.25 bits per heavy atom. The van der Waals surface area contributed by atoms with Crippen LogP contribution in [0.2, 0.25) is 0 Å². The highest BCUT2D eigenvalue weighted by atomic mass is 127. The predicted octanol–water partition coefficient (Wildman–Crippen LogP) is 5.17. The van der Waals surface area contributed by atoms with Gasteiger partial charge in [0.15, 0.2) is 0 Å². The zero-order valence-electron chi connectivity index (χ0n) is 12.0. The molecule has 1 atom stereocenters. The first kappa shape index (κ1) is 14.6. The number of alkyl halides is 1. The van der Waals surface area contributed by atoms with Crippen molar-refractivity contribution in [3.8, 4) is 0 Å². The minimum absolute atomic E-state index is 0.447. The summed E-state index contributed by atoms with van der Waals surface area (Å²) in [5.74, 6) is 1.79. The van der Waals surface area contributed by atoms with Crippen molar-refractivity contribution in [3.05, 3.63) is 27.6 Å². The van der Waals surface area contributed by atoms with E-state index in [4.69, 9.17) is 16.6 Å². The maximum atomic E-state index is 5.97. The number of aromatic nitrogens is 2. The van der Waals surface area contributed by atoms with E-state index in [9.17, 15) is 0 Å². The molecular formula is C16H20ClIN2. The van der Waals surface area contributed by atoms with Crippen LogP contribution in [0.1, 0.15) is 45.0 Å². The zero-order valence-corrected chi connectivity index (χ0v) is 14.9. The van der Waals surface area contributed by atoms with Gasteiger partial charge in [0.25, 0.3) is 0 Å². The maximum absolute atomic E-state index is 5.97. The Labute approximate surface area is 139 Å². The Hall–Kier alpha value is -0.290. The first-order valence-electron chi connectivity index (χ1n) is 7.22. The van der Waals surface area contributed by atoms with Crippen molar-refractivity contribution < 1.29 is 0 Å². The number of nitrogens with zero attached hydrogens (tertiary/aromatic N) is 2. The lowest BCUT2D eigenvalue weighted by atomic mass is 9.92. The minimum Gasteiger partial charge on any atom is -0.325 e. The van der Waals surface area contributed by atoms with Crippen LogP contribution in [-0.2, 0) is 6.42 Å². The van der Waals surface area contributed by atoms with Crippen LogP contribution in [0.15, 0.2) is 18.2 Å². The third-order valence-corrected chi connectivity index (χ3v) is 5.21. The van der Waals surface area contributed by atoms with Gasteiger partial charge in [-0.1, -0.05) is 13.8 Å². The first-order valence-corrected chi connectivity index (χ1v) is 8.84. The molecule has 1 aliphatic carbocycles. The third kappa shape index (κ3) is 2.71. The summed E-state index contributed by atoms with van der Waals surface area (Å²) in [5, 5.41) is 0. The standard InChI is InChI=1S/C16H20ClIN2/c1-16(2)7-5-12(10-16)20-14-4-3-11(18)9-13(14)19-15(20)6-8-17/h3-4,9,12H,5-8,10H2,1-2H3. The highest BCUT2D eigenvalue weighted by molar-refractivity contribution is 14.1. The van der Waals surface area contributed by atoms with Gasteiger partial charge in [-0.2, -0.15) is 0 Å². The van der Waals surface area contributed by atoms with Crippen LogP contribution < -0.4 is 0 Å². The smallest absolute Gasteiger partial charge is 0.111 e. The van der Waals surface area contributed by atoms with E-state index in [0.717, 1.165) is 17.8 Å². The van der Waals surface area contributed by atoms with Gasteiger partial charge in [0.2, 0.25) is 0 Å². The summed E-state index contributed by atoms with van der Waals surface area (Å²) in [6.07, 6.45) is 4.63. The lowest BCUT2D eigenvalue weighted by molar-refractivity contribution is 0.358. The Bertz CT molecular complexity index is 633. The van der Waals surface area contributed by atoms with Gasteiger partial charge >= 0.3 is 0 Å². The van der Waals surface area contributed by atoms with E-state index in [1.165, 1.54) is 28.3 Å². The molecule has 1 aromatic carbocycles. The van der Waals surface area contributed by atoms with Gasteiger partial charge in [-0.15, -0.1) is 11.6 Å². The van der Waals surface area contributed by atoms with E-state index in [1.807, 2.05) is 0 Å². The molecule has 0 saturated heterocycles. The molecule has 20 heavy (non-hydrogen) atoms. The molecule has 108 valence electrons. The molecule has 0 amide bonds. The average Bonchev–Trinajstić information content (AvgIpc) is 2.89. The summed E-state index contributed by atoms with van der Waals surface area (Å²) in [6.45, 7) is 4.74.